The van der Waals surface area contributed by atoms with Crippen LogP contribution in [0.2, 0.25) is 5.02 Å². The Balaban J connectivity index is 2.27. The molecular weight excluding hydrogens is 290 g/mol. The average Bonchev–Trinajstić information content (AvgIpc) is 2.43. The number of amides is 1. The molecule has 2 aromatic rings. The summed E-state index contributed by atoms with van der Waals surface area (Å²) in [5, 5.41) is 12.2. The van der Waals surface area contributed by atoms with Crippen molar-refractivity contribution in [2.24, 2.45) is 0 Å². The van der Waals surface area contributed by atoms with Crippen molar-refractivity contribution in [2.75, 3.05) is 5.32 Å². The molecule has 0 unspecified atom stereocenters. The number of aryl methyl sites for hydroxylation is 2. The van der Waals surface area contributed by atoms with E-state index < -0.39 is 5.97 Å². The fourth-order valence-corrected chi connectivity index (χ4v) is 2.14. The maximum absolute atomic E-state index is 12.3. The van der Waals surface area contributed by atoms with E-state index in [1.54, 1.807) is 31.2 Å². The topological polar surface area (TPSA) is 66.4 Å². The standard InChI is InChI=1S/C16H14ClNO3/c1-9-3-5-12(17)8-13(9)15(19)18-14-6-4-11(16(20)21)7-10(14)2/h3-8H,1-2H3,(H,18,19)(H,20,21). The Morgan fingerprint density at radius 3 is 2.38 bits per heavy atom. The lowest BCUT2D eigenvalue weighted by molar-refractivity contribution is 0.0696. The van der Waals surface area contributed by atoms with Crippen LogP contribution in [0.1, 0.15) is 31.8 Å². The van der Waals surface area contributed by atoms with Crippen molar-refractivity contribution in [3.05, 3.63) is 63.7 Å². The maximum Gasteiger partial charge on any atom is 0.335 e. The summed E-state index contributed by atoms with van der Waals surface area (Å²) in [4.78, 5) is 23.2. The van der Waals surface area contributed by atoms with E-state index >= 15 is 0 Å². The normalized spacial score (nSPS) is 10.2. The van der Waals surface area contributed by atoms with Crippen LogP contribution in [-0.2, 0) is 0 Å². The predicted octanol–water partition coefficient (Wildman–Crippen LogP) is 3.91. The number of hydrogen-bond donors (Lipinski definition) is 2. The summed E-state index contributed by atoms with van der Waals surface area (Å²) in [6, 6.07) is 9.65. The molecule has 2 N–H and O–H groups in total. The minimum absolute atomic E-state index is 0.185. The molecule has 108 valence electrons. The van der Waals surface area contributed by atoms with Gasteiger partial charge in [-0.05, 0) is 55.3 Å². The van der Waals surface area contributed by atoms with E-state index in [0.717, 1.165) is 5.56 Å². The highest BCUT2D eigenvalue weighted by molar-refractivity contribution is 6.31. The van der Waals surface area contributed by atoms with Crippen molar-refractivity contribution >= 4 is 29.2 Å². The maximum atomic E-state index is 12.3. The van der Waals surface area contributed by atoms with Crippen molar-refractivity contribution in [1.82, 2.24) is 0 Å². The number of rotatable bonds is 3. The molecule has 5 heteroatoms. The zero-order valence-electron chi connectivity index (χ0n) is 11.6. The zero-order valence-corrected chi connectivity index (χ0v) is 12.4. The van der Waals surface area contributed by atoms with Gasteiger partial charge in [-0.3, -0.25) is 4.79 Å². The minimum Gasteiger partial charge on any atom is -0.478 e. The number of hydrogen-bond acceptors (Lipinski definition) is 2. The number of aromatic carboxylic acids is 1. The third-order valence-electron chi connectivity index (χ3n) is 3.17. The van der Waals surface area contributed by atoms with Crippen molar-refractivity contribution in [3.63, 3.8) is 0 Å². The van der Waals surface area contributed by atoms with E-state index in [2.05, 4.69) is 5.32 Å². The first-order chi connectivity index (χ1) is 9.88. The molecule has 4 nitrogen and oxygen atoms in total. The number of anilines is 1. The van der Waals surface area contributed by atoms with Crippen molar-refractivity contribution in [1.29, 1.82) is 0 Å². The number of carboxylic acids is 1. The number of carbonyl (C=O) groups excluding carboxylic acids is 1. The highest BCUT2D eigenvalue weighted by Gasteiger charge is 2.12. The van der Waals surface area contributed by atoms with E-state index in [-0.39, 0.29) is 11.5 Å². The third kappa shape index (κ3) is 3.41. The largest absolute Gasteiger partial charge is 0.478 e. The van der Waals surface area contributed by atoms with Crippen molar-refractivity contribution < 1.29 is 14.7 Å². The van der Waals surface area contributed by atoms with Crippen LogP contribution >= 0.6 is 11.6 Å². The van der Waals surface area contributed by atoms with Crippen LogP contribution in [0, 0.1) is 13.8 Å². The van der Waals surface area contributed by atoms with E-state index in [1.807, 2.05) is 6.92 Å². The fraction of sp³-hybridized carbons (Fsp3) is 0.125. The molecule has 0 bridgehead atoms. The number of halogens is 1. The Bertz CT molecular complexity index is 725. The quantitative estimate of drug-likeness (QED) is 0.903. The summed E-state index contributed by atoms with van der Waals surface area (Å²) < 4.78 is 0. The van der Waals surface area contributed by atoms with E-state index in [1.165, 1.54) is 12.1 Å². The lowest BCUT2D eigenvalue weighted by Crippen LogP contribution is -2.14. The molecule has 0 aliphatic heterocycles. The van der Waals surface area contributed by atoms with Gasteiger partial charge >= 0.3 is 5.97 Å². The Kier molecular flexibility index (Phi) is 4.29. The molecule has 0 heterocycles. The molecule has 0 fully saturated rings. The first-order valence-electron chi connectivity index (χ1n) is 6.30. The molecule has 0 saturated carbocycles. The second-order valence-electron chi connectivity index (χ2n) is 4.75. The van der Waals surface area contributed by atoms with Gasteiger partial charge in [-0.15, -0.1) is 0 Å². The summed E-state index contributed by atoms with van der Waals surface area (Å²) >= 11 is 5.91. The summed E-state index contributed by atoms with van der Waals surface area (Å²) in [7, 11) is 0. The van der Waals surface area contributed by atoms with Gasteiger partial charge in [-0.1, -0.05) is 17.7 Å². The van der Waals surface area contributed by atoms with E-state index in [9.17, 15) is 9.59 Å². The van der Waals surface area contributed by atoms with Gasteiger partial charge in [0.2, 0.25) is 0 Å². The number of benzene rings is 2. The highest BCUT2D eigenvalue weighted by Crippen LogP contribution is 2.20. The van der Waals surface area contributed by atoms with Crippen LogP contribution in [0.3, 0.4) is 0 Å². The monoisotopic (exact) mass is 303 g/mol. The van der Waals surface area contributed by atoms with Crippen LogP contribution in [0.5, 0.6) is 0 Å². The minimum atomic E-state index is -0.998. The lowest BCUT2D eigenvalue weighted by atomic mass is 10.1. The smallest absolute Gasteiger partial charge is 0.335 e. The molecule has 0 aliphatic carbocycles. The summed E-state index contributed by atoms with van der Waals surface area (Å²) in [6.45, 7) is 3.57. The average molecular weight is 304 g/mol. The number of nitrogens with one attached hydrogen (secondary N) is 1. The number of carbonyl (C=O) groups is 2. The van der Waals surface area contributed by atoms with Gasteiger partial charge in [0.15, 0.2) is 0 Å². The first kappa shape index (κ1) is 15.1. The molecule has 0 aromatic heterocycles. The Hall–Kier alpha value is -2.33. The molecule has 0 radical (unpaired) electrons. The molecule has 2 rings (SSSR count). The molecular formula is C16H14ClNO3. The first-order valence-corrected chi connectivity index (χ1v) is 6.67. The van der Waals surface area contributed by atoms with Crippen molar-refractivity contribution in [3.8, 4) is 0 Å². The molecule has 1 amide bonds. The molecule has 2 aromatic carbocycles. The number of carboxylic acid groups (broad SMARTS) is 1. The van der Waals surface area contributed by atoms with Gasteiger partial charge in [0.1, 0.15) is 0 Å². The van der Waals surface area contributed by atoms with Crippen LogP contribution < -0.4 is 5.32 Å². The second kappa shape index (κ2) is 5.97. The third-order valence-corrected chi connectivity index (χ3v) is 3.40. The van der Waals surface area contributed by atoms with Crippen molar-refractivity contribution in [2.45, 2.75) is 13.8 Å². The van der Waals surface area contributed by atoms with Gasteiger partial charge < -0.3 is 10.4 Å². The lowest BCUT2D eigenvalue weighted by Gasteiger charge is -2.11. The van der Waals surface area contributed by atoms with Crippen LogP contribution in [0.4, 0.5) is 5.69 Å². The fourth-order valence-electron chi connectivity index (χ4n) is 1.97. The predicted molar refractivity (Wildman–Crippen MR) is 82.3 cm³/mol. The van der Waals surface area contributed by atoms with Crippen LogP contribution in [0.25, 0.3) is 0 Å². The zero-order chi connectivity index (χ0) is 15.6. The van der Waals surface area contributed by atoms with Gasteiger partial charge in [0, 0.05) is 16.3 Å². The van der Waals surface area contributed by atoms with Gasteiger partial charge in [-0.25, -0.2) is 4.79 Å². The van der Waals surface area contributed by atoms with Gasteiger partial charge in [0.05, 0.1) is 5.56 Å². The van der Waals surface area contributed by atoms with Gasteiger partial charge in [-0.2, -0.15) is 0 Å². The summed E-state index contributed by atoms with van der Waals surface area (Å²) in [5.41, 5.74) is 2.75. The molecule has 0 spiro atoms. The van der Waals surface area contributed by atoms with Crippen LogP contribution in [-0.4, -0.2) is 17.0 Å². The Labute approximate surface area is 127 Å². The molecule has 21 heavy (non-hydrogen) atoms. The van der Waals surface area contributed by atoms with E-state index in [4.69, 9.17) is 16.7 Å². The van der Waals surface area contributed by atoms with Crippen LogP contribution in [0.15, 0.2) is 36.4 Å². The molecule has 0 atom stereocenters. The summed E-state index contributed by atoms with van der Waals surface area (Å²) in [6.07, 6.45) is 0. The van der Waals surface area contributed by atoms with Gasteiger partial charge in [0.25, 0.3) is 5.91 Å². The SMILES string of the molecule is Cc1cc(C(=O)O)ccc1NC(=O)c1cc(Cl)ccc1C. The molecule has 0 saturated heterocycles. The Morgan fingerprint density at radius 1 is 1.05 bits per heavy atom. The highest BCUT2D eigenvalue weighted by atomic mass is 35.5. The Morgan fingerprint density at radius 2 is 1.76 bits per heavy atom. The summed E-state index contributed by atoms with van der Waals surface area (Å²) in [5.74, 6) is -1.28. The molecule has 0 aliphatic rings. The van der Waals surface area contributed by atoms with E-state index in [0.29, 0.717) is 21.8 Å². The second-order valence-corrected chi connectivity index (χ2v) is 5.18.